The van der Waals surface area contributed by atoms with Crippen molar-refractivity contribution in [2.45, 2.75) is 6.92 Å². The molecule has 5 heteroatoms. The van der Waals surface area contributed by atoms with Gasteiger partial charge in [0.1, 0.15) is 5.75 Å². The van der Waals surface area contributed by atoms with Crippen LogP contribution in [0.2, 0.25) is 0 Å². The molecule has 1 heterocycles. The van der Waals surface area contributed by atoms with Gasteiger partial charge in [0.25, 0.3) is 5.91 Å². The van der Waals surface area contributed by atoms with Crippen LogP contribution in [0, 0.1) is 0 Å². The number of anilines is 1. The summed E-state index contributed by atoms with van der Waals surface area (Å²) < 4.78 is 10.3. The summed E-state index contributed by atoms with van der Waals surface area (Å²) in [6, 6.07) is 10.5. The highest BCUT2D eigenvalue weighted by Crippen LogP contribution is 2.16. The zero-order valence-corrected chi connectivity index (χ0v) is 11.4. The zero-order valence-electron chi connectivity index (χ0n) is 11.4. The van der Waals surface area contributed by atoms with Crippen LogP contribution in [0.5, 0.6) is 11.6 Å². The molecule has 1 aromatic heterocycles. The van der Waals surface area contributed by atoms with E-state index in [2.05, 4.69) is 10.3 Å². The Morgan fingerprint density at radius 1 is 1.20 bits per heavy atom. The summed E-state index contributed by atoms with van der Waals surface area (Å²) in [4.78, 5) is 16.1. The van der Waals surface area contributed by atoms with Crippen molar-refractivity contribution in [2.24, 2.45) is 0 Å². The van der Waals surface area contributed by atoms with Gasteiger partial charge in [0, 0.05) is 18.0 Å². The fraction of sp³-hybridized carbons (Fsp3) is 0.200. The molecule has 0 fully saturated rings. The molecule has 0 aliphatic carbocycles. The third-order valence-corrected chi connectivity index (χ3v) is 2.64. The second-order valence-corrected chi connectivity index (χ2v) is 4.00. The Morgan fingerprint density at radius 2 is 1.95 bits per heavy atom. The Hall–Kier alpha value is -2.56. The number of hydrogen-bond acceptors (Lipinski definition) is 4. The molecule has 104 valence electrons. The lowest BCUT2D eigenvalue weighted by Gasteiger charge is -2.07. The lowest BCUT2D eigenvalue weighted by Crippen LogP contribution is -2.12. The minimum Gasteiger partial charge on any atom is -0.497 e. The van der Waals surface area contributed by atoms with E-state index >= 15 is 0 Å². The Morgan fingerprint density at radius 3 is 2.50 bits per heavy atom. The minimum absolute atomic E-state index is 0.217. The Balaban J connectivity index is 2.03. The summed E-state index contributed by atoms with van der Waals surface area (Å²) in [5.41, 5.74) is 1.17. The standard InChI is InChI=1S/C15H16N2O3/c1-3-20-14-9-4-11(10-16-14)15(18)17-12-5-7-13(19-2)8-6-12/h4-10H,3H2,1-2H3,(H,17,18). The first-order valence-electron chi connectivity index (χ1n) is 6.27. The van der Waals surface area contributed by atoms with E-state index in [1.807, 2.05) is 6.92 Å². The van der Waals surface area contributed by atoms with E-state index < -0.39 is 0 Å². The van der Waals surface area contributed by atoms with Crippen molar-refractivity contribution in [1.82, 2.24) is 4.98 Å². The summed E-state index contributed by atoms with van der Waals surface area (Å²) in [5.74, 6) is 1.03. The van der Waals surface area contributed by atoms with Gasteiger partial charge in [-0.15, -0.1) is 0 Å². The maximum absolute atomic E-state index is 12.0. The molecule has 2 rings (SSSR count). The number of aromatic nitrogens is 1. The van der Waals surface area contributed by atoms with Crippen LogP contribution in [-0.2, 0) is 0 Å². The van der Waals surface area contributed by atoms with Gasteiger partial charge in [0.15, 0.2) is 0 Å². The number of methoxy groups -OCH3 is 1. The number of rotatable bonds is 5. The van der Waals surface area contributed by atoms with Gasteiger partial charge in [-0.1, -0.05) is 0 Å². The van der Waals surface area contributed by atoms with E-state index in [9.17, 15) is 4.79 Å². The number of pyridine rings is 1. The number of benzene rings is 1. The maximum Gasteiger partial charge on any atom is 0.257 e. The smallest absolute Gasteiger partial charge is 0.257 e. The molecular formula is C15H16N2O3. The third kappa shape index (κ3) is 3.47. The summed E-state index contributed by atoms with van der Waals surface area (Å²) in [7, 11) is 1.60. The Kier molecular flexibility index (Phi) is 4.55. The van der Waals surface area contributed by atoms with Gasteiger partial charge < -0.3 is 14.8 Å². The highest BCUT2D eigenvalue weighted by atomic mass is 16.5. The van der Waals surface area contributed by atoms with E-state index in [-0.39, 0.29) is 5.91 Å². The second-order valence-electron chi connectivity index (χ2n) is 4.00. The fourth-order valence-corrected chi connectivity index (χ4v) is 1.63. The third-order valence-electron chi connectivity index (χ3n) is 2.64. The summed E-state index contributed by atoms with van der Waals surface area (Å²) in [6.45, 7) is 2.43. The average molecular weight is 272 g/mol. The topological polar surface area (TPSA) is 60.5 Å². The van der Waals surface area contributed by atoms with Crippen LogP contribution < -0.4 is 14.8 Å². The number of carbonyl (C=O) groups excluding carboxylic acids is 1. The van der Waals surface area contributed by atoms with Crippen molar-refractivity contribution < 1.29 is 14.3 Å². The Bertz CT molecular complexity index is 565. The molecule has 1 aromatic carbocycles. The van der Waals surface area contributed by atoms with Crippen LogP contribution >= 0.6 is 0 Å². The van der Waals surface area contributed by atoms with Crippen LogP contribution in [0.3, 0.4) is 0 Å². The zero-order chi connectivity index (χ0) is 14.4. The summed E-state index contributed by atoms with van der Waals surface area (Å²) in [5, 5.41) is 2.79. The molecule has 0 bridgehead atoms. The number of nitrogens with zero attached hydrogens (tertiary/aromatic N) is 1. The van der Waals surface area contributed by atoms with Crippen molar-refractivity contribution in [1.29, 1.82) is 0 Å². The number of ether oxygens (including phenoxy) is 2. The highest BCUT2D eigenvalue weighted by Gasteiger charge is 2.07. The predicted molar refractivity (Wildman–Crippen MR) is 76.4 cm³/mol. The van der Waals surface area contributed by atoms with Crippen LogP contribution in [0.1, 0.15) is 17.3 Å². The van der Waals surface area contributed by atoms with Crippen molar-refractivity contribution in [3.8, 4) is 11.6 Å². The summed E-state index contributed by atoms with van der Waals surface area (Å²) in [6.07, 6.45) is 1.49. The Labute approximate surface area is 117 Å². The predicted octanol–water partition coefficient (Wildman–Crippen LogP) is 2.74. The highest BCUT2D eigenvalue weighted by molar-refractivity contribution is 6.04. The lowest BCUT2D eigenvalue weighted by atomic mass is 10.2. The van der Waals surface area contributed by atoms with Gasteiger partial charge in [0.2, 0.25) is 5.88 Å². The summed E-state index contributed by atoms with van der Waals surface area (Å²) >= 11 is 0. The molecule has 0 atom stereocenters. The minimum atomic E-state index is -0.217. The number of amides is 1. The molecule has 0 unspecified atom stereocenters. The first-order valence-corrected chi connectivity index (χ1v) is 6.27. The first-order chi connectivity index (χ1) is 9.72. The number of nitrogens with one attached hydrogen (secondary N) is 1. The number of carbonyl (C=O) groups is 1. The first kappa shape index (κ1) is 13.9. The molecule has 2 aromatic rings. The van der Waals surface area contributed by atoms with Gasteiger partial charge in [-0.05, 0) is 37.3 Å². The van der Waals surface area contributed by atoms with Crippen LogP contribution in [0.4, 0.5) is 5.69 Å². The molecule has 0 saturated carbocycles. The molecular weight excluding hydrogens is 256 g/mol. The van der Waals surface area contributed by atoms with Crippen LogP contribution in [-0.4, -0.2) is 24.6 Å². The van der Waals surface area contributed by atoms with E-state index in [0.29, 0.717) is 23.7 Å². The van der Waals surface area contributed by atoms with Gasteiger partial charge in [-0.3, -0.25) is 4.79 Å². The molecule has 0 aliphatic rings. The normalized spacial score (nSPS) is 9.90. The molecule has 0 spiro atoms. The van der Waals surface area contributed by atoms with Gasteiger partial charge in [0.05, 0.1) is 19.3 Å². The quantitative estimate of drug-likeness (QED) is 0.909. The lowest BCUT2D eigenvalue weighted by molar-refractivity contribution is 0.102. The fourth-order valence-electron chi connectivity index (χ4n) is 1.63. The molecule has 1 N–H and O–H groups in total. The van der Waals surface area contributed by atoms with Gasteiger partial charge >= 0.3 is 0 Å². The molecule has 1 amide bonds. The average Bonchev–Trinajstić information content (AvgIpc) is 2.49. The van der Waals surface area contributed by atoms with Crippen molar-refractivity contribution in [3.63, 3.8) is 0 Å². The van der Waals surface area contributed by atoms with Crippen molar-refractivity contribution >= 4 is 11.6 Å². The largest absolute Gasteiger partial charge is 0.497 e. The second kappa shape index (κ2) is 6.56. The van der Waals surface area contributed by atoms with E-state index in [4.69, 9.17) is 9.47 Å². The van der Waals surface area contributed by atoms with Gasteiger partial charge in [-0.25, -0.2) is 4.98 Å². The van der Waals surface area contributed by atoms with E-state index in [1.165, 1.54) is 6.20 Å². The monoisotopic (exact) mass is 272 g/mol. The molecule has 0 radical (unpaired) electrons. The number of hydrogen-bond donors (Lipinski definition) is 1. The molecule has 20 heavy (non-hydrogen) atoms. The van der Waals surface area contributed by atoms with Crippen molar-refractivity contribution in [2.75, 3.05) is 19.0 Å². The SMILES string of the molecule is CCOc1ccc(C(=O)Nc2ccc(OC)cc2)cn1. The van der Waals surface area contributed by atoms with E-state index in [1.54, 1.807) is 43.5 Å². The van der Waals surface area contributed by atoms with E-state index in [0.717, 1.165) is 5.75 Å². The molecule has 5 nitrogen and oxygen atoms in total. The molecule has 0 saturated heterocycles. The maximum atomic E-state index is 12.0. The molecule has 0 aliphatic heterocycles. The van der Waals surface area contributed by atoms with Crippen molar-refractivity contribution in [3.05, 3.63) is 48.2 Å². The van der Waals surface area contributed by atoms with Crippen LogP contribution in [0.15, 0.2) is 42.6 Å². The van der Waals surface area contributed by atoms with Gasteiger partial charge in [-0.2, -0.15) is 0 Å². The van der Waals surface area contributed by atoms with Crippen LogP contribution in [0.25, 0.3) is 0 Å².